The van der Waals surface area contributed by atoms with Gasteiger partial charge in [0.2, 0.25) is 0 Å². The normalized spacial score (nSPS) is 11.2. The van der Waals surface area contributed by atoms with E-state index in [2.05, 4.69) is 0 Å². The molecular formula is C12H8O3. The van der Waals surface area contributed by atoms with Crippen LogP contribution in [0.3, 0.4) is 0 Å². The molecule has 0 aliphatic heterocycles. The predicted molar refractivity (Wildman–Crippen MR) is 57.0 cm³/mol. The summed E-state index contributed by atoms with van der Waals surface area (Å²) >= 11 is 0. The van der Waals surface area contributed by atoms with E-state index in [0.717, 1.165) is 5.39 Å². The number of benzene rings is 1. The fourth-order valence-electron chi connectivity index (χ4n) is 1.84. The van der Waals surface area contributed by atoms with Gasteiger partial charge in [0.15, 0.2) is 0 Å². The molecule has 0 spiro atoms. The first-order chi connectivity index (χ1) is 7.27. The van der Waals surface area contributed by atoms with Gasteiger partial charge in [0.25, 0.3) is 0 Å². The van der Waals surface area contributed by atoms with Crippen molar-refractivity contribution in [2.75, 3.05) is 0 Å². The lowest BCUT2D eigenvalue weighted by Crippen LogP contribution is -1.75. The highest BCUT2D eigenvalue weighted by Gasteiger charge is 2.10. The van der Waals surface area contributed by atoms with E-state index in [1.54, 1.807) is 36.6 Å². The summed E-state index contributed by atoms with van der Waals surface area (Å²) < 4.78 is 5.35. The first kappa shape index (κ1) is 8.17. The van der Waals surface area contributed by atoms with Gasteiger partial charge in [0, 0.05) is 10.8 Å². The van der Waals surface area contributed by atoms with Gasteiger partial charge in [-0.2, -0.15) is 0 Å². The Morgan fingerprint density at radius 3 is 2.60 bits per heavy atom. The number of phenols is 1. The summed E-state index contributed by atoms with van der Waals surface area (Å²) in [6, 6.07) is 8.40. The van der Waals surface area contributed by atoms with Gasteiger partial charge in [-0.3, -0.25) is 0 Å². The minimum absolute atomic E-state index is 0.114. The first-order valence-electron chi connectivity index (χ1n) is 4.58. The molecule has 15 heavy (non-hydrogen) atoms. The van der Waals surface area contributed by atoms with Crippen LogP contribution < -0.4 is 0 Å². The van der Waals surface area contributed by atoms with Crippen molar-refractivity contribution < 1.29 is 14.6 Å². The second-order valence-corrected chi connectivity index (χ2v) is 3.43. The molecule has 0 amide bonds. The molecule has 3 rings (SSSR count). The van der Waals surface area contributed by atoms with Crippen LogP contribution in [-0.2, 0) is 0 Å². The van der Waals surface area contributed by atoms with Gasteiger partial charge in [-0.25, -0.2) is 0 Å². The standard InChI is InChI=1S/C12H8O3/c13-10-4-3-7-9(10)6-11(14)8-2-1-5-15-12(7)8/h1-6,13-14H. The number of aromatic hydroxyl groups is 2. The van der Waals surface area contributed by atoms with Crippen LogP contribution in [0, 0.1) is 0 Å². The molecule has 3 heteroatoms. The second kappa shape index (κ2) is 2.67. The number of phenolic OH excluding ortho intramolecular Hbond substituents is 1. The van der Waals surface area contributed by atoms with Crippen LogP contribution in [0.1, 0.15) is 0 Å². The van der Waals surface area contributed by atoms with Gasteiger partial charge in [0.1, 0.15) is 17.1 Å². The third kappa shape index (κ3) is 1.00. The molecule has 2 aromatic carbocycles. The van der Waals surface area contributed by atoms with Crippen LogP contribution in [0.5, 0.6) is 11.5 Å². The second-order valence-electron chi connectivity index (χ2n) is 3.43. The van der Waals surface area contributed by atoms with Gasteiger partial charge >= 0.3 is 0 Å². The fraction of sp³-hybridized carbons (Fsp3) is 0. The van der Waals surface area contributed by atoms with Gasteiger partial charge in [-0.15, -0.1) is 0 Å². The van der Waals surface area contributed by atoms with Crippen LogP contribution in [0.15, 0.2) is 41.0 Å². The molecule has 1 heterocycles. The summed E-state index contributed by atoms with van der Waals surface area (Å²) in [5.74, 6) is 0.268. The lowest BCUT2D eigenvalue weighted by molar-refractivity contribution is 0.475. The van der Waals surface area contributed by atoms with Crippen LogP contribution in [-0.4, -0.2) is 10.2 Å². The molecule has 0 bridgehead atoms. The smallest absolute Gasteiger partial charge is 0.145 e. The van der Waals surface area contributed by atoms with E-state index in [9.17, 15) is 10.2 Å². The van der Waals surface area contributed by atoms with Crippen molar-refractivity contribution in [3.63, 3.8) is 0 Å². The van der Waals surface area contributed by atoms with Gasteiger partial charge in [0.05, 0.1) is 11.6 Å². The molecule has 0 atom stereocenters. The lowest BCUT2D eigenvalue weighted by Gasteiger charge is -2.01. The molecule has 74 valence electrons. The van der Waals surface area contributed by atoms with E-state index in [4.69, 9.17) is 4.42 Å². The Morgan fingerprint density at radius 1 is 0.867 bits per heavy atom. The molecule has 0 fully saturated rings. The fourth-order valence-corrected chi connectivity index (χ4v) is 1.84. The third-order valence-electron chi connectivity index (χ3n) is 2.55. The SMILES string of the molecule is Oc1ccc2c1cc(O)c1cccoc12. The molecular weight excluding hydrogens is 192 g/mol. The van der Waals surface area contributed by atoms with Crippen LogP contribution in [0.2, 0.25) is 0 Å². The van der Waals surface area contributed by atoms with Gasteiger partial charge in [-0.05, 0) is 30.3 Å². The monoisotopic (exact) mass is 200 g/mol. The van der Waals surface area contributed by atoms with Crippen molar-refractivity contribution >= 4 is 21.7 Å². The maximum absolute atomic E-state index is 9.74. The van der Waals surface area contributed by atoms with Crippen molar-refractivity contribution in [3.05, 3.63) is 36.6 Å². The average Bonchev–Trinajstić information content (AvgIpc) is 2.62. The summed E-state index contributed by atoms with van der Waals surface area (Å²) in [5, 5.41) is 21.3. The van der Waals surface area contributed by atoms with E-state index >= 15 is 0 Å². The molecule has 3 nitrogen and oxygen atoms in total. The highest BCUT2D eigenvalue weighted by Crippen LogP contribution is 2.37. The summed E-state index contributed by atoms with van der Waals surface area (Å²) in [5.41, 5.74) is 0.591. The van der Waals surface area contributed by atoms with E-state index in [0.29, 0.717) is 16.4 Å². The Balaban J connectivity index is 2.65. The van der Waals surface area contributed by atoms with E-state index in [1.807, 2.05) is 0 Å². The van der Waals surface area contributed by atoms with E-state index in [1.165, 1.54) is 0 Å². The van der Waals surface area contributed by atoms with Crippen molar-refractivity contribution in [2.45, 2.75) is 0 Å². The highest BCUT2D eigenvalue weighted by molar-refractivity contribution is 6.09. The molecule has 1 aromatic heterocycles. The van der Waals surface area contributed by atoms with Crippen LogP contribution >= 0.6 is 0 Å². The third-order valence-corrected chi connectivity index (χ3v) is 2.55. The molecule has 0 saturated heterocycles. The van der Waals surface area contributed by atoms with Gasteiger partial charge < -0.3 is 14.6 Å². The van der Waals surface area contributed by atoms with Crippen LogP contribution in [0.25, 0.3) is 21.7 Å². The van der Waals surface area contributed by atoms with Crippen LogP contribution in [0.4, 0.5) is 0 Å². The van der Waals surface area contributed by atoms with E-state index in [-0.39, 0.29) is 11.5 Å². The molecule has 0 aliphatic rings. The summed E-state index contributed by atoms with van der Waals surface area (Å²) in [4.78, 5) is 0. The molecule has 2 N–H and O–H groups in total. The Kier molecular flexibility index (Phi) is 1.45. The summed E-state index contributed by atoms with van der Waals surface area (Å²) in [6.07, 6.45) is 1.55. The van der Waals surface area contributed by atoms with Gasteiger partial charge in [-0.1, -0.05) is 0 Å². The molecule has 0 aliphatic carbocycles. The Bertz CT molecular complexity index is 652. The summed E-state index contributed by atoms with van der Waals surface area (Å²) in [7, 11) is 0. The zero-order chi connectivity index (χ0) is 10.4. The summed E-state index contributed by atoms with van der Waals surface area (Å²) in [6.45, 7) is 0. The van der Waals surface area contributed by atoms with Crippen molar-refractivity contribution in [1.29, 1.82) is 0 Å². The maximum Gasteiger partial charge on any atom is 0.145 e. The topological polar surface area (TPSA) is 53.6 Å². The van der Waals surface area contributed by atoms with Crippen molar-refractivity contribution in [1.82, 2.24) is 0 Å². The maximum atomic E-state index is 9.74. The Hall–Kier alpha value is -2.16. The lowest BCUT2D eigenvalue weighted by atomic mass is 10.1. The molecule has 0 radical (unpaired) electrons. The minimum atomic E-state index is 0.114. The van der Waals surface area contributed by atoms with E-state index < -0.39 is 0 Å². The zero-order valence-corrected chi connectivity index (χ0v) is 7.77. The predicted octanol–water partition coefficient (Wildman–Crippen LogP) is 3.00. The number of hydrogen-bond acceptors (Lipinski definition) is 3. The average molecular weight is 200 g/mol. The minimum Gasteiger partial charge on any atom is -0.507 e. The molecule has 0 saturated carbocycles. The first-order valence-corrected chi connectivity index (χ1v) is 4.58. The zero-order valence-electron chi connectivity index (χ0n) is 7.77. The number of fused-ring (bicyclic) bond motifs is 3. The molecule has 0 unspecified atom stereocenters. The molecule has 3 aromatic rings. The number of rotatable bonds is 0. The van der Waals surface area contributed by atoms with Crippen molar-refractivity contribution in [2.24, 2.45) is 0 Å². The quantitative estimate of drug-likeness (QED) is 0.586. The van der Waals surface area contributed by atoms with Crippen molar-refractivity contribution in [3.8, 4) is 11.5 Å². The highest BCUT2D eigenvalue weighted by atomic mass is 16.3. The largest absolute Gasteiger partial charge is 0.507 e. The Morgan fingerprint density at radius 2 is 1.73 bits per heavy atom. The number of hydrogen-bond donors (Lipinski definition) is 2. The Labute approximate surface area is 85.2 Å².